The summed E-state index contributed by atoms with van der Waals surface area (Å²) in [5.41, 5.74) is 1.28. The van der Waals surface area contributed by atoms with E-state index in [1.807, 2.05) is 23.7 Å². The Morgan fingerprint density at radius 2 is 2.05 bits per heavy atom. The van der Waals surface area contributed by atoms with Gasteiger partial charge in [0.05, 0.1) is 11.1 Å². The molecule has 0 unspecified atom stereocenters. The standard InChI is InChI=1S/C12H10BrN5O/c1-17-6-9(12-14-15-16-18(12)2)11(19)8-4-3-7(13)5-10(8)17/h3-6H,1-2H3. The zero-order chi connectivity index (χ0) is 13.6. The number of aryl methyl sites for hydroxylation is 2. The third kappa shape index (κ3) is 1.86. The molecular weight excluding hydrogens is 310 g/mol. The van der Waals surface area contributed by atoms with Crippen LogP contribution in [0.4, 0.5) is 0 Å². The molecule has 19 heavy (non-hydrogen) atoms. The Labute approximate surface area is 116 Å². The van der Waals surface area contributed by atoms with E-state index in [9.17, 15) is 4.79 Å². The van der Waals surface area contributed by atoms with E-state index in [2.05, 4.69) is 31.5 Å². The molecule has 3 aromatic rings. The highest BCUT2D eigenvalue weighted by Gasteiger charge is 2.14. The molecule has 0 saturated carbocycles. The first-order valence-electron chi connectivity index (χ1n) is 5.59. The van der Waals surface area contributed by atoms with Gasteiger partial charge >= 0.3 is 0 Å². The summed E-state index contributed by atoms with van der Waals surface area (Å²) in [5.74, 6) is 0.463. The summed E-state index contributed by atoms with van der Waals surface area (Å²) in [7, 11) is 3.60. The highest BCUT2D eigenvalue weighted by molar-refractivity contribution is 9.10. The number of halogens is 1. The zero-order valence-electron chi connectivity index (χ0n) is 10.3. The number of fused-ring (bicyclic) bond motifs is 1. The summed E-state index contributed by atoms with van der Waals surface area (Å²) in [6.07, 6.45) is 1.75. The molecule has 2 heterocycles. The van der Waals surface area contributed by atoms with Gasteiger partial charge in [0.25, 0.3) is 0 Å². The van der Waals surface area contributed by atoms with Gasteiger partial charge in [0.1, 0.15) is 0 Å². The first-order valence-corrected chi connectivity index (χ1v) is 6.39. The molecule has 0 atom stereocenters. The van der Waals surface area contributed by atoms with Crippen molar-refractivity contribution in [3.8, 4) is 11.4 Å². The van der Waals surface area contributed by atoms with Gasteiger partial charge in [0.15, 0.2) is 11.3 Å². The molecule has 0 amide bonds. The van der Waals surface area contributed by atoms with Crippen LogP contribution in [-0.2, 0) is 14.1 Å². The summed E-state index contributed by atoms with van der Waals surface area (Å²) in [4.78, 5) is 12.5. The monoisotopic (exact) mass is 319 g/mol. The van der Waals surface area contributed by atoms with Crippen molar-refractivity contribution < 1.29 is 0 Å². The summed E-state index contributed by atoms with van der Waals surface area (Å²) < 4.78 is 4.32. The Morgan fingerprint density at radius 1 is 1.26 bits per heavy atom. The van der Waals surface area contributed by atoms with Gasteiger partial charge < -0.3 is 4.57 Å². The topological polar surface area (TPSA) is 65.6 Å². The van der Waals surface area contributed by atoms with Gasteiger partial charge in [0, 0.05) is 30.2 Å². The Kier molecular flexibility index (Phi) is 2.70. The van der Waals surface area contributed by atoms with E-state index in [1.54, 1.807) is 19.3 Å². The first-order chi connectivity index (χ1) is 9.08. The van der Waals surface area contributed by atoms with Crippen molar-refractivity contribution in [1.82, 2.24) is 24.8 Å². The van der Waals surface area contributed by atoms with Gasteiger partial charge in [-0.25, -0.2) is 4.68 Å². The number of aromatic nitrogens is 5. The van der Waals surface area contributed by atoms with Crippen molar-refractivity contribution in [3.05, 3.63) is 39.1 Å². The van der Waals surface area contributed by atoms with Crippen LogP contribution in [0.5, 0.6) is 0 Å². The Bertz CT molecular complexity index is 836. The van der Waals surface area contributed by atoms with E-state index in [1.165, 1.54) is 4.68 Å². The largest absolute Gasteiger partial charge is 0.350 e. The van der Waals surface area contributed by atoms with Crippen molar-refractivity contribution >= 4 is 26.8 Å². The van der Waals surface area contributed by atoms with Gasteiger partial charge in [-0.05, 0) is 28.6 Å². The van der Waals surface area contributed by atoms with E-state index in [0.29, 0.717) is 16.8 Å². The number of hydrogen-bond donors (Lipinski definition) is 0. The Balaban J connectivity index is 2.41. The van der Waals surface area contributed by atoms with Crippen LogP contribution in [0.15, 0.2) is 33.7 Å². The molecule has 0 aliphatic carbocycles. The third-order valence-electron chi connectivity index (χ3n) is 3.01. The van der Waals surface area contributed by atoms with Crippen LogP contribution in [0.25, 0.3) is 22.3 Å². The molecule has 0 bridgehead atoms. The lowest BCUT2D eigenvalue weighted by Gasteiger charge is -2.08. The smallest absolute Gasteiger partial charge is 0.200 e. The average molecular weight is 320 g/mol. The number of nitrogens with zero attached hydrogens (tertiary/aromatic N) is 5. The minimum atomic E-state index is -0.0708. The maximum atomic E-state index is 12.5. The van der Waals surface area contributed by atoms with Crippen molar-refractivity contribution in [2.24, 2.45) is 14.1 Å². The second kappa shape index (κ2) is 4.27. The average Bonchev–Trinajstić information content (AvgIpc) is 2.80. The molecule has 0 aliphatic heterocycles. The molecule has 1 aromatic carbocycles. The first kappa shape index (κ1) is 12.0. The number of benzene rings is 1. The predicted octanol–water partition coefficient (Wildman–Crippen LogP) is 1.49. The van der Waals surface area contributed by atoms with E-state index >= 15 is 0 Å². The van der Waals surface area contributed by atoms with Crippen molar-refractivity contribution in [2.75, 3.05) is 0 Å². The maximum Gasteiger partial charge on any atom is 0.200 e. The molecular formula is C12H10BrN5O. The summed E-state index contributed by atoms with van der Waals surface area (Å²) >= 11 is 3.41. The lowest BCUT2D eigenvalue weighted by Crippen LogP contribution is -2.12. The number of tetrazole rings is 1. The third-order valence-corrected chi connectivity index (χ3v) is 3.51. The fourth-order valence-electron chi connectivity index (χ4n) is 2.07. The zero-order valence-corrected chi connectivity index (χ0v) is 11.9. The predicted molar refractivity (Wildman–Crippen MR) is 74.7 cm³/mol. The molecule has 0 fully saturated rings. The van der Waals surface area contributed by atoms with Crippen LogP contribution in [0.2, 0.25) is 0 Å². The van der Waals surface area contributed by atoms with Gasteiger partial charge in [-0.2, -0.15) is 0 Å². The van der Waals surface area contributed by atoms with Crippen LogP contribution in [-0.4, -0.2) is 24.8 Å². The van der Waals surface area contributed by atoms with E-state index < -0.39 is 0 Å². The summed E-state index contributed by atoms with van der Waals surface area (Å²) in [6.45, 7) is 0. The molecule has 6 nitrogen and oxygen atoms in total. The Hall–Kier alpha value is -2.02. The highest BCUT2D eigenvalue weighted by atomic mass is 79.9. The molecule has 3 rings (SSSR count). The normalized spacial score (nSPS) is 11.1. The van der Waals surface area contributed by atoms with E-state index in [-0.39, 0.29) is 5.43 Å². The molecule has 0 N–H and O–H groups in total. The summed E-state index contributed by atoms with van der Waals surface area (Å²) in [5, 5.41) is 11.9. The molecule has 0 spiro atoms. The second-order valence-electron chi connectivity index (χ2n) is 4.27. The van der Waals surface area contributed by atoms with Gasteiger partial charge in [-0.15, -0.1) is 5.10 Å². The molecule has 2 aromatic heterocycles. The fourth-order valence-corrected chi connectivity index (χ4v) is 2.42. The maximum absolute atomic E-state index is 12.5. The van der Waals surface area contributed by atoms with Gasteiger partial charge in [-0.3, -0.25) is 4.79 Å². The molecule has 7 heteroatoms. The van der Waals surface area contributed by atoms with E-state index in [0.717, 1.165) is 9.99 Å². The fraction of sp³-hybridized carbons (Fsp3) is 0.167. The van der Waals surface area contributed by atoms with Crippen molar-refractivity contribution in [2.45, 2.75) is 0 Å². The van der Waals surface area contributed by atoms with Gasteiger partial charge in [-0.1, -0.05) is 15.9 Å². The Morgan fingerprint density at radius 3 is 2.74 bits per heavy atom. The molecule has 0 saturated heterocycles. The molecule has 0 radical (unpaired) electrons. The van der Waals surface area contributed by atoms with Crippen LogP contribution in [0.1, 0.15) is 0 Å². The quantitative estimate of drug-likeness (QED) is 0.681. The lowest BCUT2D eigenvalue weighted by atomic mass is 10.1. The number of hydrogen-bond acceptors (Lipinski definition) is 4. The van der Waals surface area contributed by atoms with Crippen LogP contribution in [0, 0.1) is 0 Å². The molecule has 96 valence electrons. The number of rotatable bonds is 1. The second-order valence-corrected chi connectivity index (χ2v) is 5.19. The van der Waals surface area contributed by atoms with Crippen LogP contribution < -0.4 is 5.43 Å². The van der Waals surface area contributed by atoms with E-state index in [4.69, 9.17) is 0 Å². The van der Waals surface area contributed by atoms with Crippen LogP contribution >= 0.6 is 15.9 Å². The lowest BCUT2D eigenvalue weighted by molar-refractivity contribution is 0.714. The minimum Gasteiger partial charge on any atom is -0.350 e. The van der Waals surface area contributed by atoms with Gasteiger partial charge in [0.2, 0.25) is 0 Å². The highest BCUT2D eigenvalue weighted by Crippen LogP contribution is 2.20. The van der Waals surface area contributed by atoms with Crippen LogP contribution in [0.3, 0.4) is 0 Å². The summed E-state index contributed by atoms with van der Waals surface area (Å²) in [6, 6.07) is 5.56. The minimum absolute atomic E-state index is 0.0708. The SMILES string of the molecule is Cn1nnnc1-c1cn(C)c2cc(Br)ccc2c1=O. The van der Waals surface area contributed by atoms with Crippen molar-refractivity contribution in [1.29, 1.82) is 0 Å². The molecule has 0 aliphatic rings. The van der Waals surface area contributed by atoms with Crippen molar-refractivity contribution in [3.63, 3.8) is 0 Å². The number of pyridine rings is 1.